The Morgan fingerprint density at radius 2 is 1.94 bits per heavy atom. The first-order valence-electron chi connectivity index (χ1n) is 5.70. The van der Waals surface area contributed by atoms with Crippen molar-refractivity contribution in [3.63, 3.8) is 0 Å². The van der Waals surface area contributed by atoms with Gasteiger partial charge in [0.2, 0.25) is 9.84 Å². The third-order valence-electron chi connectivity index (χ3n) is 3.22. The van der Waals surface area contributed by atoms with Gasteiger partial charge in [-0.05, 0) is 18.2 Å². The number of benzene rings is 1. The summed E-state index contributed by atoms with van der Waals surface area (Å²) in [7, 11) is -3.19. The molecule has 2 heterocycles. The maximum atomic E-state index is 11.8. The maximum absolute atomic E-state index is 11.8. The Hall–Kier alpha value is -1.33. The first-order valence-corrected chi connectivity index (χ1v) is 7.25. The van der Waals surface area contributed by atoms with Crippen LogP contribution in [0.4, 0.5) is 5.69 Å². The van der Waals surface area contributed by atoms with E-state index >= 15 is 0 Å². The first kappa shape index (κ1) is 10.8. The van der Waals surface area contributed by atoms with Crippen LogP contribution in [-0.2, 0) is 9.84 Å². The normalized spacial score (nSPS) is 21.5. The first-order chi connectivity index (χ1) is 8.18. The van der Waals surface area contributed by atoms with Crippen molar-refractivity contribution in [3.8, 4) is 0 Å². The van der Waals surface area contributed by atoms with Gasteiger partial charge >= 0.3 is 0 Å². The zero-order chi connectivity index (χ0) is 11.9. The number of piperazine rings is 1. The largest absolute Gasteiger partial charge is 0.368 e. The average Bonchev–Trinajstić information content (AvgIpc) is 2.67. The molecule has 0 spiro atoms. The fraction of sp³-hybridized carbons (Fsp3) is 0.333. The van der Waals surface area contributed by atoms with Crippen molar-refractivity contribution in [2.75, 3.05) is 31.1 Å². The fourth-order valence-corrected chi connectivity index (χ4v) is 3.57. The number of nitrogens with zero attached hydrogens (tertiary/aromatic N) is 1. The molecule has 17 heavy (non-hydrogen) atoms. The molecule has 90 valence electrons. The molecular weight excluding hydrogens is 236 g/mol. The molecule has 0 saturated carbocycles. The summed E-state index contributed by atoms with van der Waals surface area (Å²) in [5, 5.41) is 4.59. The molecule has 0 radical (unpaired) electrons. The lowest BCUT2D eigenvalue weighted by molar-refractivity contribution is 0.588. The summed E-state index contributed by atoms with van der Waals surface area (Å²) >= 11 is 0. The predicted octanol–water partition coefficient (Wildman–Crippen LogP) is 0.854. The Labute approximate surface area is 101 Å². The SMILES string of the molecule is O=S1(=O)C=Cc2c(N3CCNCC3)cccc21. The van der Waals surface area contributed by atoms with Crippen LogP contribution in [0.15, 0.2) is 28.5 Å². The second-order valence-corrected chi connectivity index (χ2v) is 6.08. The smallest absolute Gasteiger partial charge is 0.200 e. The predicted molar refractivity (Wildman–Crippen MR) is 67.7 cm³/mol. The van der Waals surface area contributed by atoms with Crippen molar-refractivity contribution in [1.29, 1.82) is 0 Å². The molecule has 0 aliphatic carbocycles. The Balaban J connectivity index is 2.08. The summed E-state index contributed by atoms with van der Waals surface area (Å²) in [4.78, 5) is 2.68. The van der Waals surface area contributed by atoms with E-state index in [0.29, 0.717) is 4.90 Å². The molecule has 1 saturated heterocycles. The molecule has 0 bridgehead atoms. The topological polar surface area (TPSA) is 49.4 Å². The van der Waals surface area contributed by atoms with Gasteiger partial charge < -0.3 is 10.2 Å². The van der Waals surface area contributed by atoms with Crippen molar-refractivity contribution in [2.45, 2.75) is 4.90 Å². The van der Waals surface area contributed by atoms with Crippen molar-refractivity contribution in [3.05, 3.63) is 29.2 Å². The summed E-state index contributed by atoms with van der Waals surface area (Å²) in [6, 6.07) is 5.49. The molecule has 0 atom stereocenters. The molecule has 1 N–H and O–H groups in total. The number of hydrogen-bond donors (Lipinski definition) is 1. The number of rotatable bonds is 1. The Morgan fingerprint density at radius 1 is 1.18 bits per heavy atom. The quantitative estimate of drug-likeness (QED) is 0.803. The minimum absolute atomic E-state index is 0.438. The van der Waals surface area contributed by atoms with Crippen LogP contribution in [0.1, 0.15) is 5.56 Å². The lowest BCUT2D eigenvalue weighted by Crippen LogP contribution is -2.43. The van der Waals surface area contributed by atoms with E-state index in [1.54, 1.807) is 12.1 Å². The van der Waals surface area contributed by atoms with E-state index in [1.165, 1.54) is 5.41 Å². The van der Waals surface area contributed by atoms with Crippen LogP contribution in [0.5, 0.6) is 0 Å². The second kappa shape index (κ2) is 3.85. The fourth-order valence-electron chi connectivity index (χ4n) is 2.36. The highest BCUT2D eigenvalue weighted by Crippen LogP contribution is 2.34. The summed E-state index contributed by atoms with van der Waals surface area (Å²) in [5.41, 5.74) is 1.87. The zero-order valence-electron chi connectivity index (χ0n) is 9.39. The zero-order valence-corrected chi connectivity index (χ0v) is 10.2. The number of nitrogens with one attached hydrogen (secondary N) is 1. The van der Waals surface area contributed by atoms with Gasteiger partial charge in [-0.2, -0.15) is 0 Å². The monoisotopic (exact) mass is 250 g/mol. The van der Waals surface area contributed by atoms with Gasteiger partial charge in [-0.15, -0.1) is 0 Å². The van der Waals surface area contributed by atoms with E-state index in [0.717, 1.165) is 37.4 Å². The Kier molecular flexibility index (Phi) is 2.45. The van der Waals surface area contributed by atoms with E-state index in [9.17, 15) is 8.42 Å². The van der Waals surface area contributed by atoms with Crippen molar-refractivity contribution in [1.82, 2.24) is 5.32 Å². The van der Waals surface area contributed by atoms with E-state index in [1.807, 2.05) is 12.1 Å². The lowest BCUT2D eigenvalue weighted by Gasteiger charge is -2.30. The van der Waals surface area contributed by atoms with Crippen LogP contribution in [0.2, 0.25) is 0 Å². The van der Waals surface area contributed by atoms with Crippen LogP contribution in [0.25, 0.3) is 6.08 Å². The molecule has 1 aromatic rings. The van der Waals surface area contributed by atoms with Crippen molar-refractivity contribution in [2.24, 2.45) is 0 Å². The third kappa shape index (κ3) is 1.75. The molecule has 1 aromatic carbocycles. The van der Waals surface area contributed by atoms with Gasteiger partial charge in [-0.3, -0.25) is 0 Å². The van der Waals surface area contributed by atoms with Gasteiger partial charge in [-0.25, -0.2) is 8.42 Å². The van der Waals surface area contributed by atoms with Gasteiger partial charge in [0.1, 0.15) is 0 Å². The Morgan fingerprint density at radius 3 is 2.71 bits per heavy atom. The molecular formula is C12H14N2O2S. The number of fused-ring (bicyclic) bond motifs is 1. The molecule has 0 aromatic heterocycles. The molecule has 4 nitrogen and oxygen atoms in total. The molecule has 1 fully saturated rings. The highest BCUT2D eigenvalue weighted by molar-refractivity contribution is 7.94. The van der Waals surface area contributed by atoms with Gasteiger partial charge in [0.15, 0.2) is 0 Å². The van der Waals surface area contributed by atoms with Crippen LogP contribution in [-0.4, -0.2) is 34.6 Å². The maximum Gasteiger partial charge on any atom is 0.200 e. The van der Waals surface area contributed by atoms with Crippen molar-refractivity contribution < 1.29 is 8.42 Å². The van der Waals surface area contributed by atoms with Crippen molar-refractivity contribution >= 4 is 21.6 Å². The summed E-state index contributed by atoms with van der Waals surface area (Å²) in [6.07, 6.45) is 1.71. The summed E-state index contributed by atoms with van der Waals surface area (Å²) in [6.45, 7) is 3.73. The highest BCUT2D eigenvalue weighted by Gasteiger charge is 2.24. The average molecular weight is 250 g/mol. The van der Waals surface area contributed by atoms with Gasteiger partial charge in [0, 0.05) is 42.8 Å². The molecule has 0 amide bonds. The highest BCUT2D eigenvalue weighted by atomic mass is 32.2. The molecule has 2 aliphatic heterocycles. The van der Waals surface area contributed by atoms with Gasteiger partial charge in [-0.1, -0.05) is 6.07 Å². The van der Waals surface area contributed by atoms with Gasteiger partial charge in [0.05, 0.1) is 4.90 Å². The van der Waals surface area contributed by atoms with E-state index in [2.05, 4.69) is 10.2 Å². The van der Waals surface area contributed by atoms with Crippen LogP contribution in [0.3, 0.4) is 0 Å². The molecule has 0 unspecified atom stereocenters. The lowest BCUT2D eigenvalue weighted by atomic mass is 10.1. The number of sulfone groups is 1. The summed E-state index contributed by atoms with van der Waals surface area (Å²) in [5.74, 6) is 0. The minimum Gasteiger partial charge on any atom is -0.368 e. The number of anilines is 1. The van der Waals surface area contributed by atoms with E-state index in [4.69, 9.17) is 0 Å². The van der Waals surface area contributed by atoms with E-state index < -0.39 is 9.84 Å². The van der Waals surface area contributed by atoms with Crippen LogP contribution >= 0.6 is 0 Å². The molecule has 5 heteroatoms. The van der Waals surface area contributed by atoms with Crippen LogP contribution < -0.4 is 10.2 Å². The van der Waals surface area contributed by atoms with Gasteiger partial charge in [0.25, 0.3) is 0 Å². The van der Waals surface area contributed by atoms with E-state index in [-0.39, 0.29) is 0 Å². The molecule has 3 rings (SSSR count). The minimum atomic E-state index is -3.19. The standard InChI is InChI=1S/C12H14N2O2S/c15-17(16)9-4-10-11(2-1-3-12(10)17)14-7-5-13-6-8-14/h1-4,9,13H,5-8H2. The third-order valence-corrected chi connectivity index (χ3v) is 4.68. The summed E-state index contributed by atoms with van der Waals surface area (Å²) < 4.78 is 23.5. The number of hydrogen-bond acceptors (Lipinski definition) is 4. The molecule has 2 aliphatic rings. The van der Waals surface area contributed by atoms with Crippen LogP contribution in [0, 0.1) is 0 Å². The Bertz CT molecular complexity index is 572. The second-order valence-electron chi connectivity index (χ2n) is 4.27.